The van der Waals surface area contributed by atoms with E-state index < -0.39 is 12.7 Å². The van der Waals surface area contributed by atoms with Crippen LogP contribution in [0.1, 0.15) is 71.1 Å². The predicted molar refractivity (Wildman–Crippen MR) is 139 cm³/mol. The average Bonchev–Trinajstić information content (AvgIpc) is 2.86. The Balaban J connectivity index is 1.74. The maximum Gasteiger partial charge on any atom is 0.513 e. The maximum atomic E-state index is 13.3. The first-order chi connectivity index (χ1) is 17.4. The summed E-state index contributed by atoms with van der Waals surface area (Å²) in [4.78, 5) is 22.3. The summed E-state index contributed by atoms with van der Waals surface area (Å²) in [5, 5.41) is 13.5. The zero-order valence-corrected chi connectivity index (χ0v) is 21.8. The van der Waals surface area contributed by atoms with Gasteiger partial charge in [0.05, 0.1) is 4.92 Å². The summed E-state index contributed by atoms with van der Waals surface area (Å²) in [6.07, 6.45) is 10.9. The maximum absolute atomic E-state index is 13.3. The van der Waals surface area contributed by atoms with E-state index >= 15 is 0 Å². The zero-order valence-electron chi connectivity index (χ0n) is 20.9. The van der Waals surface area contributed by atoms with Crippen LogP contribution in [0.4, 0.5) is 5.69 Å². The highest BCUT2D eigenvalue weighted by Gasteiger charge is 2.28. The molecule has 2 rings (SSSR count). The van der Waals surface area contributed by atoms with Crippen LogP contribution < -0.4 is 14.1 Å². The molecule has 0 aliphatic carbocycles. The van der Waals surface area contributed by atoms with E-state index in [2.05, 4.69) is 12.0 Å². The van der Waals surface area contributed by atoms with Gasteiger partial charge in [-0.15, -0.1) is 0 Å². The summed E-state index contributed by atoms with van der Waals surface area (Å²) in [6, 6.07) is 13.7. The van der Waals surface area contributed by atoms with E-state index in [1.165, 1.54) is 62.8 Å². The lowest BCUT2D eigenvalue weighted by Crippen LogP contribution is -2.24. The van der Waals surface area contributed by atoms with Crippen molar-refractivity contribution in [3.8, 4) is 11.5 Å². The van der Waals surface area contributed by atoms with Crippen molar-refractivity contribution in [2.24, 2.45) is 0 Å². The van der Waals surface area contributed by atoms with Crippen LogP contribution in [-0.4, -0.2) is 24.0 Å². The van der Waals surface area contributed by atoms with Gasteiger partial charge in [0.2, 0.25) is 0 Å². The van der Waals surface area contributed by atoms with Gasteiger partial charge in [-0.3, -0.25) is 14.9 Å². The fourth-order valence-corrected chi connectivity index (χ4v) is 4.80. The molecular weight excluding hydrogens is 483 g/mol. The summed E-state index contributed by atoms with van der Waals surface area (Å²) < 4.78 is 29.7. The van der Waals surface area contributed by atoms with Crippen LogP contribution in [-0.2, 0) is 14.1 Å². The molecule has 0 aliphatic rings. The van der Waals surface area contributed by atoms with Gasteiger partial charge in [0.1, 0.15) is 18.1 Å². The van der Waals surface area contributed by atoms with E-state index in [0.717, 1.165) is 19.3 Å². The Morgan fingerprint density at radius 1 is 0.861 bits per heavy atom. The van der Waals surface area contributed by atoms with Crippen molar-refractivity contribution in [3.05, 3.63) is 64.7 Å². The molecule has 0 aliphatic heterocycles. The Kier molecular flexibility index (Phi) is 13.6. The molecule has 2 aromatic carbocycles. The number of non-ortho nitro benzene ring substituents is 1. The van der Waals surface area contributed by atoms with E-state index in [4.69, 9.17) is 13.8 Å². The Labute approximate surface area is 213 Å². The second kappa shape index (κ2) is 16.7. The number of hydrogen-bond donors (Lipinski definition) is 1. The molecule has 1 atom stereocenters. The highest BCUT2D eigenvalue weighted by Crippen LogP contribution is 2.44. The summed E-state index contributed by atoms with van der Waals surface area (Å²) >= 11 is 0. The van der Waals surface area contributed by atoms with E-state index in [-0.39, 0.29) is 30.6 Å². The molecule has 0 aromatic heterocycles. The van der Waals surface area contributed by atoms with Gasteiger partial charge in [-0.2, -0.15) is 5.09 Å². The number of nitro groups is 1. The van der Waals surface area contributed by atoms with Crippen LogP contribution in [0.5, 0.6) is 11.5 Å². The van der Waals surface area contributed by atoms with Crippen LogP contribution in [0.2, 0.25) is 0 Å². The third kappa shape index (κ3) is 12.2. The summed E-state index contributed by atoms with van der Waals surface area (Å²) in [7, 11) is -3.92. The number of rotatable bonds is 19. The molecule has 9 nitrogen and oxygen atoms in total. The van der Waals surface area contributed by atoms with Crippen LogP contribution >= 0.6 is 7.75 Å². The first kappa shape index (κ1) is 29.3. The number of carbonyl (C=O) groups is 1. The second-order valence-corrected chi connectivity index (χ2v) is 10.1. The number of benzene rings is 2. The molecule has 0 heterocycles. The van der Waals surface area contributed by atoms with E-state index in [9.17, 15) is 19.5 Å². The largest absolute Gasteiger partial charge is 0.513 e. The summed E-state index contributed by atoms with van der Waals surface area (Å²) in [5.41, 5.74) is -0.118. The smallest absolute Gasteiger partial charge is 0.464 e. The van der Waals surface area contributed by atoms with E-state index in [1.807, 2.05) is 0 Å². The molecule has 36 heavy (non-hydrogen) atoms. The van der Waals surface area contributed by atoms with E-state index in [0.29, 0.717) is 12.2 Å². The topological polar surface area (TPSA) is 117 Å². The molecule has 0 fully saturated rings. The van der Waals surface area contributed by atoms with Crippen molar-refractivity contribution in [1.82, 2.24) is 5.09 Å². The number of hydrogen-bond acceptors (Lipinski definition) is 7. The van der Waals surface area contributed by atoms with Gasteiger partial charge in [-0.1, -0.05) is 76.5 Å². The highest BCUT2D eigenvalue weighted by atomic mass is 31.2. The van der Waals surface area contributed by atoms with Gasteiger partial charge >= 0.3 is 13.7 Å². The second-order valence-electron chi connectivity index (χ2n) is 8.45. The number of carbonyl (C=O) groups excluding carboxylic acids is 1. The Hall–Kier alpha value is -2.90. The lowest BCUT2D eigenvalue weighted by Gasteiger charge is -2.20. The molecular formula is C26H37N2O7P. The monoisotopic (exact) mass is 520 g/mol. The SMILES string of the molecule is CCCCCCCCCCCC(=O)OCCNP(=O)(Oc1ccccc1)Oc1ccc([N+](=O)[O-])cc1. The van der Waals surface area contributed by atoms with Gasteiger partial charge < -0.3 is 13.8 Å². The highest BCUT2D eigenvalue weighted by molar-refractivity contribution is 7.52. The van der Waals surface area contributed by atoms with E-state index in [1.54, 1.807) is 30.3 Å². The molecule has 2 aromatic rings. The molecule has 1 N–H and O–H groups in total. The first-order valence-electron chi connectivity index (χ1n) is 12.6. The molecule has 0 saturated heterocycles. The van der Waals surface area contributed by atoms with Crippen LogP contribution in [0.3, 0.4) is 0 Å². The third-order valence-electron chi connectivity index (χ3n) is 5.40. The summed E-state index contributed by atoms with van der Waals surface area (Å²) in [6.45, 7) is 2.25. The van der Waals surface area contributed by atoms with Crippen LogP contribution in [0.25, 0.3) is 0 Å². The minimum Gasteiger partial charge on any atom is -0.464 e. The van der Waals surface area contributed by atoms with Gasteiger partial charge in [0, 0.05) is 25.1 Å². The number of esters is 1. The zero-order chi connectivity index (χ0) is 26.1. The Morgan fingerprint density at radius 3 is 2.00 bits per heavy atom. The standard InChI is InChI=1S/C26H37N2O7P/c1-2-3-4-5-6-7-8-9-13-16-26(29)33-22-21-27-36(32,34-24-14-11-10-12-15-24)35-25-19-17-23(18-20-25)28(30)31/h10-12,14-15,17-20H,2-9,13,16,21-22H2,1H3,(H,27,32). The van der Waals surface area contributed by atoms with Crippen LogP contribution in [0, 0.1) is 10.1 Å². The molecule has 1 unspecified atom stereocenters. The van der Waals surface area contributed by atoms with Crippen molar-refractivity contribution in [1.29, 1.82) is 0 Å². The van der Waals surface area contributed by atoms with Crippen molar-refractivity contribution in [3.63, 3.8) is 0 Å². The van der Waals surface area contributed by atoms with Gasteiger partial charge in [-0.05, 0) is 30.7 Å². The fraction of sp³-hybridized carbons (Fsp3) is 0.500. The summed E-state index contributed by atoms with van der Waals surface area (Å²) in [5.74, 6) is 0.155. The minimum atomic E-state index is -3.92. The Bertz CT molecular complexity index is 955. The lowest BCUT2D eigenvalue weighted by atomic mass is 10.1. The molecule has 198 valence electrons. The van der Waals surface area contributed by atoms with Crippen molar-refractivity contribution < 1.29 is 28.1 Å². The number of para-hydroxylation sites is 1. The van der Waals surface area contributed by atoms with Gasteiger partial charge in [0.15, 0.2) is 0 Å². The predicted octanol–water partition coefficient (Wildman–Crippen LogP) is 7.21. The molecule has 0 radical (unpaired) electrons. The lowest BCUT2D eigenvalue weighted by molar-refractivity contribution is -0.384. The van der Waals surface area contributed by atoms with Crippen molar-refractivity contribution >= 4 is 19.4 Å². The minimum absolute atomic E-state index is 0.00201. The molecule has 0 saturated carbocycles. The molecule has 10 heteroatoms. The third-order valence-corrected chi connectivity index (χ3v) is 6.91. The fourth-order valence-electron chi connectivity index (χ4n) is 3.47. The van der Waals surface area contributed by atoms with Crippen molar-refractivity contribution in [2.45, 2.75) is 71.1 Å². The average molecular weight is 521 g/mol. The number of nitrogens with zero attached hydrogens (tertiary/aromatic N) is 1. The normalized spacial score (nSPS) is 12.5. The number of nitrogens with one attached hydrogen (secondary N) is 1. The number of unbranched alkanes of at least 4 members (excludes halogenated alkanes) is 8. The quantitative estimate of drug-likeness (QED) is 0.0678. The number of nitro benzene ring substituents is 1. The first-order valence-corrected chi connectivity index (χ1v) is 14.2. The Morgan fingerprint density at radius 2 is 1.42 bits per heavy atom. The van der Waals surface area contributed by atoms with Gasteiger partial charge in [-0.25, -0.2) is 4.57 Å². The molecule has 0 bridgehead atoms. The van der Waals surface area contributed by atoms with Gasteiger partial charge in [0.25, 0.3) is 5.69 Å². The molecule has 0 spiro atoms. The number of ether oxygens (including phenoxy) is 1. The van der Waals surface area contributed by atoms with Crippen molar-refractivity contribution in [2.75, 3.05) is 13.2 Å². The molecule has 0 amide bonds. The van der Waals surface area contributed by atoms with Crippen LogP contribution in [0.15, 0.2) is 54.6 Å².